The molecule has 2 N–H and O–H groups in total. The van der Waals surface area contributed by atoms with Crippen LogP contribution in [0.3, 0.4) is 0 Å². The Balaban J connectivity index is 1.71. The van der Waals surface area contributed by atoms with Gasteiger partial charge in [-0.1, -0.05) is 25.7 Å². The molecule has 0 bridgehead atoms. The molecule has 20 heavy (non-hydrogen) atoms. The van der Waals surface area contributed by atoms with Crippen molar-refractivity contribution in [2.45, 2.75) is 70.3 Å². The summed E-state index contributed by atoms with van der Waals surface area (Å²) < 4.78 is 0. The molecule has 4 atom stereocenters. The van der Waals surface area contributed by atoms with Crippen LogP contribution >= 0.6 is 0 Å². The van der Waals surface area contributed by atoms with Crippen molar-refractivity contribution < 1.29 is 4.79 Å². The van der Waals surface area contributed by atoms with Gasteiger partial charge in [-0.3, -0.25) is 4.79 Å². The highest BCUT2D eigenvalue weighted by atomic mass is 16.2. The Morgan fingerprint density at radius 1 is 0.950 bits per heavy atom. The lowest BCUT2D eigenvalue weighted by Gasteiger charge is -2.46. The van der Waals surface area contributed by atoms with Gasteiger partial charge in [-0.25, -0.2) is 0 Å². The Labute approximate surface area is 123 Å². The maximum Gasteiger partial charge on any atom is 0.226 e. The van der Waals surface area contributed by atoms with Crippen LogP contribution in [0, 0.1) is 17.8 Å². The number of piperidine rings is 1. The molecule has 3 rings (SSSR count). The number of hydrogen-bond acceptors (Lipinski definition) is 2. The van der Waals surface area contributed by atoms with Crippen LogP contribution in [-0.2, 0) is 4.79 Å². The van der Waals surface area contributed by atoms with Crippen molar-refractivity contribution in [2.75, 3.05) is 13.1 Å². The predicted molar refractivity (Wildman–Crippen MR) is 81.2 cm³/mol. The highest BCUT2D eigenvalue weighted by Gasteiger charge is 2.40. The minimum Gasteiger partial charge on any atom is -0.339 e. The SMILES string of the molecule is NCC1CCCCC1C(=O)N1CCC[C@H]2CCCC[C@H]21. The van der Waals surface area contributed by atoms with Crippen molar-refractivity contribution >= 4 is 5.91 Å². The number of fused-ring (bicyclic) bond motifs is 1. The number of likely N-dealkylation sites (tertiary alicyclic amines) is 1. The number of carbonyl (C=O) groups is 1. The van der Waals surface area contributed by atoms with Crippen molar-refractivity contribution in [3.05, 3.63) is 0 Å². The quantitative estimate of drug-likeness (QED) is 0.844. The molecule has 0 aromatic heterocycles. The van der Waals surface area contributed by atoms with E-state index in [2.05, 4.69) is 4.90 Å². The van der Waals surface area contributed by atoms with E-state index >= 15 is 0 Å². The van der Waals surface area contributed by atoms with E-state index < -0.39 is 0 Å². The first-order valence-corrected chi connectivity index (χ1v) is 8.82. The molecular formula is C17H30N2O. The van der Waals surface area contributed by atoms with Crippen molar-refractivity contribution in [2.24, 2.45) is 23.5 Å². The Hall–Kier alpha value is -0.570. The zero-order valence-corrected chi connectivity index (χ0v) is 12.7. The summed E-state index contributed by atoms with van der Waals surface area (Å²) in [7, 11) is 0. The Kier molecular flexibility index (Phi) is 4.65. The zero-order chi connectivity index (χ0) is 13.9. The van der Waals surface area contributed by atoms with Crippen molar-refractivity contribution in [3.63, 3.8) is 0 Å². The molecule has 1 aliphatic heterocycles. The smallest absolute Gasteiger partial charge is 0.226 e. The second-order valence-corrected chi connectivity index (χ2v) is 7.17. The highest BCUT2D eigenvalue weighted by molar-refractivity contribution is 5.79. The van der Waals surface area contributed by atoms with Gasteiger partial charge in [0.2, 0.25) is 5.91 Å². The summed E-state index contributed by atoms with van der Waals surface area (Å²) >= 11 is 0. The fourth-order valence-electron chi connectivity index (χ4n) is 4.93. The van der Waals surface area contributed by atoms with Crippen LogP contribution < -0.4 is 5.73 Å². The first-order valence-electron chi connectivity index (χ1n) is 8.82. The number of nitrogens with zero attached hydrogens (tertiary/aromatic N) is 1. The number of hydrogen-bond donors (Lipinski definition) is 1. The van der Waals surface area contributed by atoms with E-state index in [4.69, 9.17) is 5.73 Å². The van der Waals surface area contributed by atoms with Gasteiger partial charge in [0.15, 0.2) is 0 Å². The van der Waals surface area contributed by atoms with Crippen LogP contribution in [0.15, 0.2) is 0 Å². The minimum atomic E-state index is 0.231. The average molecular weight is 278 g/mol. The van der Waals surface area contributed by atoms with E-state index in [-0.39, 0.29) is 5.92 Å². The molecule has 3 nitrogen and oxygen atoms in total. The van der Waals surface area contributed by atoms with E-state index in [0.29, 0.717) is 24.4 Å². The van der Waals surface area contributed by atoms with E-state index in [1.165, 1.54) is 51.4 Å². The standard InChI is InChI=1S/C17H30N2O/c18-12-14-7-1-3-9-15(14)17(20)19-11-5-8-13-6-2-4-10-16(13)19/h13-16H,1-12,18H2/t13-,14?,15?,16-/m1/s1. The van der Waals surface area contributed by atoms with E-state index in [1.807, 2.05) is 0 Å². The van der Waals surface area contributed by atoms with Crippen molar-refractivity contribution in [3.8, 4) is 0 Å². The van der Waals surface area contributed by atoms with Gasteiger partial charge >= 0.3 is 0 Å². The van der Waals surface area contributed by atoms with Gasteiger partial charge in [-0.2, -0.15) is 0 Å². The van der Waals surface area contributed by atoms with Gasteiger partial charge in [0.1, 0.15) is 0 Å². The molecule has 1 saturated heterocycles. The molecule has 0 radical (unpaired) electrons. The molecule has 2 aliphatic carbocycles. The third-order valence-corrected chi connectivity index (χ3v) is 6.06. The average Bonchev–Trinajstić information content (AvgIpc) is 2.53. The third kappa shape index (κ3) is 2.74. The maximum atomic E-state index is 13.0. The van der Waals surface area contributed by atoms with Crippen molar-refractivity contribution in [1.82, 2.24) is 4.90 Å². The lowest BCUT2D eigenvalue weighted by atomic mass is 9.75. The molecule has 3 aliphatic rings. The second kappa shape index (κ2) is 6.46. The van der Waals surface area contributed by atoms with E-state index in [0.717, 1.165) is 25.3 Å². The fourth-order valence-corrected chi connectivity index (χ4v) is 4.93. The van der Waals surface area contributed by atoms with Crippen molar-refractivity contribution in [1.29, 1.82) is 0 Å². The van der Waals surface area contributed by atoms with Crippen LogP contribution in [0.4, 0.5) is 0 Å². The van der Waals surface area contributed by atoms with Gasteiger partial charge in [0, 0.05) is 18.5 Å². The third-order valence-electron chi connectivity index (χ3n) is 6.06. The summed E-state index contributed by atoms with van der Waals surface area (Å²) in [6.07, 6.45) is 12.6. The molecule has 2 saturated carbocycles. The molecule has 3 heteroatoms. The monoisotopic (exact) mass is 278 g/mol. The van der Waals surface area contributed by atoms with Gasteiger partial charge in [0.05, 0.1) is 0 Å². The van der Waals surface area contributed by atoms with Crippen LogP contribution in [0.2, 0.25) is 0 Å². The molecule has 0 aromatic rings. The molecule has 114 valence electrons. The van der Waals surface area contributed by atoms with Gasteiger partial charge in [-0.05, 0) is 56.9 Å². The molecule has 1 heterocycles. The summed E-state index contributed by atoms with van der Waals surface area (Å²) in [6, 6.07) is 0.561. The summed E-state index contributed by atoms with van der Waals surface area (Å²) in [5.41, 5.74) is 5.92. The first-order chi connectivity index (χ1) is 9.81. The van der Waals surface area contributed by atoms with Crippen LogP contribution in [0.5, 0.6) is 0 Å². The lowest BCUT2D eigenvalue weighted by Crippen LogP contribution is -2.53. The Morgan fingerprint density at radius 2 is 1.65 bits per heavy atom. The second-order valence-electron chi connectivity index (χ2n) is 7.17. The predicted octanol–water partition coefficient (Wildman–Crippen LogP) is 2.93. The number of carbonyl (C=O) groups excluding carboxylic acids is 1. The molecule has 0 aromatic carbocycles. The molecule has 0 spiro atoms. The van der Waals surface area contributed by atoms with Gasteiger partial charge < -0.3 is 10.6 Å². The first kappa shape index (κ1) is 14.4. The zero-order valence-electron chi connectivity index (χ0n) is 12.7. The highest BCUT2D eigenvalue weighted by Crippen LogP contribution is 2.38. The van der Waals surface area contributed by atoms with Crippen LogP contribution in [0.1, 0.15) is 64.2 Å². The number of amides is 1. The van der Waals surface area contributed by atoms with Crippen LogP contribution in [-0.4, -0.2) is 29.9 Å². The topological polar surface area (TPSA) is 46.3 Å². The fraction of sp³-hybridized carbons (Fsp3) is 0.941. The molecule has 1 amide bonds. The minimum absolute atomic E-state index is 0.231. The van der Waals surface area contributed by atoms with E-state index in [9.17, 15) is 4.79 Å². The summed E-state index contributed by atoms with van der Waals surface area (Å²) in [5.74, 6) is 1.92. The summed E-state index contributed by atoms with van der Waals surface area (Å²) in [5, 5.41) is 0. The molecular weight excluding hydrogens is 248 g/mol. The largest absolute Gasteiger partial charge is 0.339 e. The summed E-state index contributed by atoms with van der Waals surface area (Å²) in [6.45, 7) is 1.70. The van der Waals surface area contributed by atoms with Gasteiger partial charge in [-0.15, -0.1) is 0 Å². The molecule has 2 unspecified atom stereocenters. The number of nitrogens with two attached hydrogens (primary N) is 1. The number of rotatable bonds is 2. The lowest BCUT2D eigenvalue weighted by molar-refractivity contribution is -0.145. The van der Waals surface area contributed by atoms with Crippen LogP contribution in [0.25, 0.3) is 0 Å². The Morgan fingerprint density at radius 3 is 2.50 bits per heavy atom. The van der Waals surface area contributed by atoms with E-state index in [1.54, 1.807) is 0 Å². The maximum absolute atomic E-state index is 13.0. The van der Waals surface area contributed by atoms with Gasteiger partial charge in [0.25, 0.3) is 0 Å². The Bertz CT molecular complexity index is 342. The summed E-state index contributed by atoms with van der Waals surface area (Å²) in [4.78, 5) is 15.3. The normalized spacial score (nSPS) is 38.4. The molecule has 3 fully saturated rings.